The third-order valence-electron chi connectivity index (χ3n) is 7.87. The van der Waals surface area contributed by atoms with Gasteiger partial charge in [0, 0.05) is 48.4 Å². The van der Waals surface area contributed by atoms with Crippen molar-refractivity contribution in [1.29, 1.82) is 0 Å². The van der Waals surface area contributed by atoms with Crippen molar-refractivity contribution in [3.63, 3.8) is 0 Å². The van der Waals surface area contributed by atoms with Crippen molar-refractivity contribution in [3.05, 3.63) is 124 Å². The van der Waals surface area contributed by atoms with Crippen LogP contribution in [-0.4, -0.2) is 31.4 Å². The van der Waals surface area contributed by atoms with Gasteiger partial charge in [0.1, 0.15) is 23.3 Å². The molecule has 0 aliphatic carbocycles. The van der Waals surface area contributed by atoms with E-state index in [-0.39, 0.29) is 10.9 Å². The smallest absolute Gasteiger partial charge is 0.489 e. The van der Waals surface area contributed by atoms with Crippen LogP contribution < -0.4 is 14.0 Å². The number of hydrogen-bond donors (Lipinski definition) is 0. The SMILES string of the molecule is CCC(c1c(OB(Oc2cc(F)c(F)c(F)c2)Oc2cc(F)c(F)c(F)c2)cc(F)c(F)c1F)[N+](CC)(CC)CC.Fc1c[c-]cc(F)c1F. The van der Waals surface area contributed by atoms with E-state index in [1.807, 2.05) is 20.8 Å². The molecule has 0 N–H and O–H groups in total. The summed E-state index contributed by atoms with van der Waals surface area (Å²) in [5, 5.41) is 0. The van der Waals surface area contributed by atoms with E-state index < -0.39 is 106 Å². The van der Waals surface area contributed by atoms with Gasteiger partial charge in [-0.3, -0.25) is 8.78 Å². The molecule has 270 valence electrons. The van der Waals surface area contributed by atoms with E-state index >= 15 is 4.39 Å². The fourth-order valence-electron chi connectivity index (χ4n) is 5.22. The Morgan fingerprint density at radius 1 is 0.520 bits per heavy atom. The molecule has 0 fully saturated rings. The first-order valence-corrected chi connectivity index (χ1v) is 14.9. The summed E-state index contributed by atoms with van der Waals surface area (Å²) >= 11 is 0. The number of quaternary nitrogens is 1. The van der Waals surface area contributed by atoms with Gasteiger partial charge in [-0.1, -0.05) is 6.92 Å². The summed E-state index contributed by atoms with van der Waals surface area (Å²) in [6.07, 6.45) is 0.211. The molecule has 0 aliphatic heterocycles. The van der Waals surface area contributed by atoms with Crippen LogP contribution in [-0.2, 0) is 0 Å². The molecule has 0 bridgehead atoms. The van der Waals surface area contributed by atoms with E-state index in [4.69, 9.17) is 14.0 Å². The van der Waals surface area contributed by atoms with Crippen molar-refractivity contribution in [2.75, 3.05) is 19.6 Å². The minimum absolute atomic E-state index is 0.198. The molecule has 0 amide bonds. The molecule has 0 radical (unpaired) electrons. The zero-order chi connectivity index (χ0) is 37.5. The molecule has 4 aromatic rings. The summed E-state index contributed by atoms with van der Waals surface area (Å²) in [6.45, 7) is 8.47. The summed E-state index contributed by atoms with van der Waals surface area (Å²) in [7, 11) is -2.32. The van der Waals surface area contributed by atoms with Gasteiger partial charge in [-0.05, 0) is 20.8 Å². The lowest BCUT2D eigenvalue weighted by Crippen LogP contribution is -2.50. The average molecular weight is 725 g/mol. The van der Waals surface area contributed by atoms with Gasteiger partial charge in [0.05, 0.1) is 31.0 Å². The zero-order valence-electron chi connectivity index (χ0n) is 26.7. The lowest BCUT2D eigenvalue weighted by molar-refractivity contribution is -0.953. The molecule has 0 heterocycles. The summed E-state index contributed by atoms with van der Waals surface area (Å²) in [5.41, 5.74) is -0.429. The molecule has 4 nitrogen and oxygen atoms in total. The summed E-state index contributed by atoms with van der Waals surface area (Å²) in [5.74, 6) is -21.6. The second kappa shape index (κ2) is 16.9. The van der Waals surface area contributed by atoms with Gasteiger partial charge in [0.2, 0.25) is 0 Å². The van der Waals surface area contributed by atoms with E-state index in [0.717, 1.165) is 12.1 Å². The molecule has 0 saturated heterocycles. The van der Waals surface area contributed by atoms with Gasteiger partial charge in [0.15, 0.2) is 52.4 Å². The van der Waals surface area contributed by atoms with Crippen molar-refractivity contribution >= 4 is 7.32 Å². The largest absolute Gasteiger partial charge is 0.864 e. The molecule has 1 atom stereocenters. The van der Waals surface area contributed by atoms with Crippen molar-refractivity contribution < 1.29 is 71.1 Å². The maximum atomic E-state index is 15.4. The normalized spacial score (nSPS) is 11.8. The molecular formula is C33H28BF12NO3. The van der Waals surface area contributed by atoms with E-state index in [2.05, 4.69) is 6.07 Å². The van der Waals surface area contributed by atoms with Crippen LogP contribution in [0.25, 0.3) is 0 Å². The first-order chi connectivity index (χ1) is 23.5. The van der Waals surface area contributed by atoms with E-state index in [1.54, 1.807) is 6.92 Å². The Morgan fingerprint density at radius 2 is 0.900 bits per heavy atom. The Kier molecular flexibility index (Phi) is 13.5. The van der Waals surface area contributed by atoms with E-state index in [0.29, 0.717) is 50.0 Å². The number of nitrogens with zero attached hydrogens (tertiary/aromatic N) is 1. The monoisotopic (exact) mass is 725 g/mol. The standard InChI is InChI=1S/C27H26BF9NO3.C6H2F3/c1-5-21(38(6-2,7-3)8-4)23-22(13-20(33)26(36)27(23)37)41-28(39-14-9-16(29)24(34)17(30)10-14)40-15-11-18(31)25(35)19(32)12-15;7-4-2-1-3-5(8)6(4)9/h9-13,21H,5-8H2,1-4H3;2-3H/q+1;-1. The maximum Gasteiger partial charge on any atom is 0.864 e. The van der Waals surface area contributed by atoms with Crippen molar-refractivity contribution in [3.8, 4) is 17.2 Å². The summed E-state index contributed by atoms with van der Waals surface area (Å²) in [6, 6.07) is 4.72. The van der Waals surface area contributed by atoms with E-state index in [9.17, 15) is 48.3 Å². The maximum absolute atomic E-state index is 15.4. The molecule has 0 aliphatic rings. The van der Waals surface area contributed by atoms with Crippen molar-refractivity contribution in [1.82, 2.24) is 0 Å². The van der Waals surface area contributed by atoms with Crippen LogP contribution >= 0.6 is 0 Å². The van der Waals surface area contributed by atoms with Gasteiger partial charge in [-0.25, -0.2) is 43.9 Å². The Morgan fingerprint density at radius 3 is 1.26 bits per heavy atom. The van der Waals surface area contributed by atoms with Gasteiger partial charge in [-0.2, -0.15) is 6.07 Å². The third-order valence-corrected chi connectivity index (χ3v) is 7.87. The van der Waals surface area contributed by atoms with Gasteiger partial charge in [-0.15, -0.1) is 12.1 Å². The van der Waals surface area contributed by atoms with Gasteiger partial charge < -0.3 is 18.4 Å². The molecule has 0 spiro atoms. The Balaban J connectivity index is 0.000000650. The highest BCUT2D eigenvalue weighted by atomic mass is 19.2. The van der Waals surface area contributed by atoms with Crippen LogP contribution in [0, 0.1) is 75.9 Å². The first-order valence-electron chi connectivity index (χ1n) is 14.9. The minimum Gasteiger partial charge on any atom is -0.489 e. The third kappa shape index (κ3) is 8.78. The van der Waals surface area contributed by atoms with Gasteiger partial charge >= 0.3 is 7.32 Å². The second-order valence-electron chi connectivity index (χ2n) is 10.5. The van der Waals surface area contributed by atoms with Crippen molar-refractivity contribution in [2.24, 2.45) is 0 Å². The predicted molar refractivity (Wildman–Crippen MR) is 157 cm³/mol. The summed E-state index contributed by atoms with van der Waals surface area (Å²) in [4.78, 5) is 0. The fourth-order valence-corrected chi connectivity index (χ4v) is 5.22. The fraction of sp³-hybridized carbons (Fsp3) is 0.273. The summed E-state index contributed by atoms with van der Waals surface area (Å²) < 4.78 is 179. The number of rotatable bonds is 12. The molecule has 50 heavy (non-hydrogen) atoms. The minimum atomic E-state index is -2.32. The van der Waals surface area contributed by atoms with Crippen LogP contribution in [0.5, 0.6) is 17.2 Å². The zero-order valence-corrected chi connectivity index (χ0v) is 26.7. The predicted octanol–water partition coefficient (Wildman–Crippen LogP) is 9.69. The molecule has 1 unspecified atom stereocenters. The highest BCUT2D eigenvalue weighted by Gasteiger charge is 2.41. The Hall–Kier alpha value is -4.54. The van der Waals surface area contributed by atoms with Crippen LogP contribution in [0.3, 0.4) is 0 Å². The Bertz CT molecular complexity index is 1670. The molecule has 4 aromatic carbocycles. The second-order valence-corrected chi connectivity index (χ2v) is 10.5. The van der Waals surface area contributed by atoms with Crippen LogP contribution in [0.4, 0.5) is 52.7 Å². The number of halogens is 12. The molecule has 0 saturated carbocycles. The lowest BCUT2D eigenvalue weighted by Gasteiger charge is -2.43. The molecule has 0 aromatic heterocycles. The molecule has 4 rings (SSSR count). The first kappa shape index (κ1) is 39.9. The molecule has 17 heteroatoms. The van der Waals surface area contributed by atoms with Crippen molar-refractivity contribution in [2.45, 2.75) is 40.2 Å². The number of hydrogen-bond acceptors (Lipinski definition) is 3. The quantitative estimate of drug-likeness (QED) is 0.0479. The van der Waals surface area contributed by atoms with Crippen LogP contribution in [0.1, 0.15) is 45.7 Å². The topological polar surface area (TPSA) is 27.7 Å². The highest BCUT2D eigenvalue weighted by Crippen LogP contribution is 2.41. The van der Waals surface area contributed by atoms with Gasteiger partial charge in [0.25, 0.3) is 0 Å². The lowest BCUT2D eigenvalue weighted by atomic mass is 9.96. The molecular weight excluding hydrogens is 697 g/mol. The van der Waals surface area contributed by atoms with Crippen LogP contribution in [0.15, 0.2) is 42.5 Å². The number of benzene rings is 4. The average Bonchev–Trinajstić information content (AvgIpc) is 3.07. The Labute approximate surface area is 279 Å². The van der Waals surface area contributed by atoms with Crippen LogP contribution in [0.2, 0.25) is 0 Å². The van der Waals surface area contributed by atoms with E-state index in [1.165, 1.54) is 0 Å². The highest BCUT2D eigenvalue weighted by molar-refractivity contribution is 6.39.